The predicted octanol–water partition coefficient (Wildman–Crippen LogP) is 5.26. The molecule has 9 heteroatoms. The van der Waals surface area contributed by atoms with Crippen LogP contribution in [-0.4, -0.2) is 35.9 Å². The van der Waals surface area contributed by atoms with Crippen LogP contribution >= 0.6 is 0 Å². The van der Waals surface area contributed by atoms with E-state index in [-0.39, 0.29) is 17.6 Å². The zero-order valence-electron chi connectivity index (χ0n) is 19.2. The minimum Gasteiger partial charge on any atom is -0.373 e. The molecule has 0 N–H and O–H groups in total. The van der Waals surface area contributed by atoms with Gasteiger partial charge in [-0.05, 0) is 50.5 Å². The maximum atomic E-state index is 14.8. The second kappa shape index (κ2) is 8.42. The Morgan fingerprint density at radius 2 is 1.86 bits per heavy atom. The topological polar surface area (TPSA) is 78.1 Å². The Morgan fingerprint density at radius 1 is 1.00 bits per heavy atom. The van der Waals surface area contributed by atoms with Crippen LogP contribution in [0.2, 0.25) is 0 Å². The van der Waals surface area contributed by atoms with Crippen LogP contribution < -0.4 is 0 Å². The van der Waals surface area contributed by atoms with E-state index in [0.29, 0.717) is 41.4 Å². The molecule has 0 spiro atoms. The first-order chi connectivity index (χ1) is 17.0. The summed E-state index contributed by atoms with van der Waals surface area (Å²) in [5, 5.41) is 0. The number of imidazole rings is 1. The summed E-state index contributed by atoms with van der Waals surface area (Å²) < 4.78 is 36.5. The van der Waals surface area contributed by atoms with Crippen LogP contribution in [0.15, 0.2) is 48.9 Å². The second-order valence-electron chi connectivity index (χ2n) is 8.86. The Balaban J connectivity index is 1.44. The van der Waals surface area contributed by atoms with Gasteiger partial charge in [0.1, 0.15) is 34.3 Å². The third-order valence-corrected chi connectivity index (χ3v) is 6.58. The molecule has 0 radical (unpaired) electrons. The molecule has 2 unspecified atom stereocenters. The van der Waals surface area contributed by atoms with Gasteiger partial charge in [0, 0.05) is 42.7 Å². The van der Waals surface area contributed by atoms with Crippen LogP contribution in [0.3, 0.4) is 0 Å². The Morgan fingerprint density at radius 3 is 2.71 bits per heavy atom. The van der Waals surface area contributed by atoms with Crippen molar-refractivity contribution in [2.75, 3.05) is 6.61 Å². The van der Waals surface area contributed by atoms with Gasteiger partial charge in [-0.1, -0.05) is 6.07 Å². The summed E-state index contributed by atoms with van der Waals surface area (Å²) in [7, 11) is 0. The highest BCUT2D eigenvalue weighted by Gasteiger charge is 2.29. The quantitative estimate of drug-likeness (QED) is 0.356. The number of halogens is 2. The maximum Gasteiger partial charge on any atom is 0.182 e. The average Bonchev–Trinajstić information content (AvgIpc) is 3.33. The summed E-state index contributed by atoms with van der Waals surface area (Å²) in [5.41, 5.74) is 4.65. The smallest absolute Gasteiger partial charge is 0.182 e. The van der Waals surface area contributed by atoms with E-state index in [1.807, 2.05) is 42.8 Å². The molecular formula is C26H22F2N6O. The van der Waals surface area contributed by atoms with Crippen molar-refractivity contribution in [1.82, 2.24) is 29.3 Å². The minimum absolute atomic E-state index is 0.0256. The van der Waals surface area contributed by atoms with E-state index in [1.54, 1.807) is 6.20 Å². The molecule has 0 saturated carbocycles. The van der Waals surface area contributed by atoms with Crippen LogP contribution in [0.4, 0.5) is 8.78 Å². The van der Waals surface area contributed by atoms with E-state index >= 15 is 0 Å². The highest BCUT2D eigenvalue weighted by molar-refractivity contribution is 5.87. The molecule has 7 nitrogen and oxygen atoms in total. The number of aromatic nitrogens is 6. The highest BCUT2D eigenvalue weighted by atomic mass is 19.1. The van der Waals surface area contributed by atoms with Crippen molar-refractivity contribution in [3.05, 3.63) is 83.3 Å². The first kappa shape index (κ1) is 21.7. The fourth-order valence-electron chi connectivity index (χ4n) is 4.57. The van der Waals surface area contributed by atoms with Crippen molar-refractivity contribution in [3.63, 3.8) is 0 Å². The van der Waals surface area contributed by atoms with Gasteiger partial charge in [-0.2, -0.15) is 0 Å². The molecule has 5 heterocycles. The van der Waals surface area contributed by atoms with Gasteiger partial charge in [0.25, 0.3) is 0 Å². The molecule has 1 aliphatic heterocycles. The average molecular weight is 472 g/mol. The van der Waals surface area contributed by atoms with Crippen molar-refractivity contribution in [2.45, 2.75) is 38.7 Å². The van der Waals surface area contributed by atoms with E-state index in [0.717, 1.165) is 29.4 Å². The first-order valence-corrected chi connectivity index (χ1v) is 11.5. The van der Waals surface area contributed by atoms with Crippen molar-refractivity contribution >= 4 is 16.8 Å². The summed E-state index contributed by atoms with van der Waals surface area (Å²) in [6.07, 6.45) is 6.92. The summed E-state index contributed by atoms with van der Waals surface area (Å²) in [6.45, 7) is 4.23. The molecule has 0 amide bonds. The number of fused-ring (bicyclic) bond motifs is 2. The summed E-state index contributed by atoms with van der Waals surface area (Å²) in [5.74, 6) is -0.812. The molecule has 0 bridgehead atoms. The van der Waals surface area contributed by atoms with Gasteiger partial charge in [0.2, 0.25) is 0 Å². The van der Waals surface area contributed by atoms with E-state index in [9.17, 15) is 8.78 Å². The Bertz CT molecular complexity index is 1580. The molecule has 4 aromatic heterocycles. The van der Waals surface area contributed by atoms with Crippen molar-refractivity contribution in [1.29, 1.82) is 0 Å². The summed E-state index contributed by atoms with van der Waals surface area (Å²) in [6, 6.07) is 7.45. The van der Waals surface area contributed by atoms with E-state index < -0.39 is 11.6 Å². The number of benzene rings is 1. The third kappa shape index (κ3) is 3.91. The fraction of sp³-hybridized carbons (Fsp3) is 0.269. The number of rotatable bonds is 3. The molecule has 35 heavy (non-hydrogen) atoms. The molecule has 5 aromatic rings. The molecule has 1 aliphatic rings. The minimum atomic E-state index is -0.700. The fourth-order valence-corrected chi connectivity index (χ4v) is 4.57. The molecular weight excluding hydrogens is 450 g/mol. The Hall–Kier alpha value is -3.85. The molecule has 2 atom stereocenters. The first-order valence-electron chi connectivity index (χ1n) is 11.5. The second-order valence-corrected chi connectivity index (χ2v) is 8.86. The molecule has 1 aromatic carbocycles. The Kier molecular flexibility index (Phi) is 5.21. The lowest BCUT2D eigenvalue weighted by molar-refractivity contribution is 0.00379. The zero-order valence-corrected chi connectivity index (χ0v) is 19.2. The lowest BCUT2D eigenvalue weighted by Gasteiger charge is -2.29. The molecule has 6 rings (SSSR count). The van der Waals surface area contributed by atoms with Crippen molar-refractivity contribution in [2.24, 2.45) is 0 Å². The molecule has 0 aliphatic carbocycles. The van der Waals surface area contributed by atoms with Crippen LogP contribution in [0, 0.1) is 25.5 Å². The van der Waals surface area contributed by atoms with E-state index in [2.05, 4.69) is 15.0 Å². The highest BCUT2D eigenvalue weighted by Crippen LogP contribution is 2.38. The molecule has 1 saturated heterocycles. The molecule has 1 fully saturated rings. The Labute approximate surface area is 199 Å². The third-order valence-electron chi connectivity index (χ3n) is 6.58. The van der Waals surface area contributed by atoms with Gasteiger partial charge in [-0.15, -0.1) is 0 Å². The van der Waals surface area contributed by atoms with Gasteiger partial charge in [0.05, 0.1) is 17.5 Å². The number of nitrogens with zero attached hydrogens (tertiary/aromatic N) is 6. The van der Waals surface area contributed by atoms with E-state index in [1.165, 1.54) is 12.1 Å². The van der Waals surface area contributed by atoms with Crippen LogP contribution in [-0.2, 0) is 4.74 Å². The lowest BCUT2D eigenvalue weighted by atomic mass is 9.91. The number of hydrogen-bond acceptors (Lipinski definition) is 6. The van der Waals surface area contributed by atoms with Crippen molar-refractivity contribution < 1.29 is 13.5 Å². The molecule has 176 valence electrons. The van der Waals surface area contributed by atoms with Gasteiger partial charge < -0.3 is 9.14 Å². The van der Waals surface area contributed by atoms with Gasteiger partial charge in [-0.25, -0.2) is 33.7 Å². The van der Waals surface area contributed by atoms with Gasteiger partial charge in [-0.3, -0.25) is 0 Å². The maximum absolute atomic E-state index is 14.8. The largest absolute Gasteiger partial charge is 0.373 e. The van der Waals surface area contributed by atoms with Gasteiger partial charge >= 0.3 is 0 Å². The van der Waals surface area contributed by atoms with Crippen molar-refractivity contribution in [3.8, 4) is 11.3 Å². The summed E-state index contributed by atoms with van der Waals surface area (Å²) in [4.78, 5) is 23.1. The van der Waals surface area contributed by atoms with E-state index in [4.69, 9.17) is 14.7 Å². The summed E-state index contributed by atoms with van der Waals surface area (Å²) >= 11 is 0. The monoisotopic (exact) mass is 472 g/mol. The zero-order chi connectivity index (χ0) is 24.1. The van der Waals surface area contributed by atoms with Crippen LogP contribution in [0.1, 0.15) is 47.6 Å². The predicted molar refractivity (Wildman–Crippen MR) is 126 cm³/mol. The standard InChI is InChI=1S/C26H22F2N6O/c1-14-15(2)31-26-24(30-14)23(19-5-4-18(27)12-20(19)28)32-25(33-26)16-7-10-35-21(11-16)17-3-6-22-29-8-9-34(22)13-17/h3-6,8-9,12-13,16,21H,7,10-11H2,1-2H3. The SMILES string of the molecule is Cc1nc2nc(C3CCOC(c4ccc5nccn5c4)C3)nc(-c3ccc(F)cc3F)c2nc1C. The van der Waals surface area contributed by atoms with Crippen LogP contribution in [0.25, 0.3) is 28.1 Å². The van der Waals surface area contributed by atoms with Crippen LogP contribution in [0.5, 0.6) is 0 Å². The normalized spacial score (nSPS) is 18.4. The number of hydrogen-bond donors (Lipinski definition) is 0. The number of ether oxygens (including phenoxy) is 1. The number of pyridine rings is 1. The lowest BCUT2D eigenvalue weighted by Crippen LogP contribution is -2.21. The number of aryl methyl sites for hydroxylation is 2. The van der Waals surface area contributed by atoms with Gasteiger partial charge in [0.15, 0.2) is 5.65 Å².